The molecule has 0 spiro atoms. The van der Waals surface area contributed by atoms with Crippen molar-refractivity contribution in [3.63, 3.8) is 0 Å². The zero-order valence-corrected chi connectivity index (χ0v) is 24.1. The monoisotopic (exact) mass is 529 g/mol. The molecule has 9 atom stereocenters. The molecular weight excluding hydrogens is 486 g/mol. The summed E-state index contributed by atoms with van der Waals surface area (Å²) in [7, 11) is 1.83. The molecule has 0 bridgehead atoms. The van der Waals surface area contributed by atoms with Crippen LogP contribution in [0.3, 0.4) is 0 Å². The van der Waals surface area contributed by atoms with Crippen LogP contribution in [0.25, 0.3) is 0 Å². The van der Waals surface area contributed by atoms with Crippen LogP contribution in [0, 0.1) is 28.6 Å². The van der Waals surface area contributed by atoms with E-state index in [1.54, 1.807) is 10.6 Å². The number of carbonyl (C=O) groups is 1. The third kappa shape index (κ3) is 3.98. The number of hydrogen-bond acceptors (Lipinski definition) is 6. The second-order valence-electron chi connectivity index (χ2n) is 12.6. The molecule has 37 heavy (non-hydrogen) atoms. The van der Waals surface area contributed by atoms with Crippen LogP contribution in [0.2, 0.25) is 0 Å². The third-order valence-corrected chi connectivity index (χ3v) is 10.6. The van der Waals surface area contributed by atoms with Crippen LogP contribution in [0.4, 0.5) is 0 Å². The number of rotatable bonds is 6. The Labute approximate surface area is 226 Å². The molecule has 1 saturated carbocycles. The van der Waals surface area contributed by atoms with Crippen LogP contribution in [-0.2, 0) is 21.3 Å². The topological polar surface area (TPSA) is 69.9 Å². The van der Waals surface area contributed by atoms with Crippen molar-refractivity contribution in [2.45, 2.75) is 90.2 Å². The lowest BCUT2D eigenvalue weighted by Gasteiger charge is -2.55. The second-order valence-corrected chi connectivity index (χ2v) is 13.3. The Morgan fingerprint density at radius 1 is 1.38 bits per heavy atom. The molecule has 5 rings (SSSR count). The van der Waals surface area contributed by atoms with Crippen LogP contribution >= 0.6 is 12.6 Å². The Kier molecular flexibility index (Phi) is 6.79. The van der Waals surface area contributed by atoms with Gasteiger partial charge in [0.25, 0.3) is 0 Å². The molecule has 9 unspecified atom stereocenters. The van der Waals surface area contributed by atoms with Crippen molar-refractivity contribution in [2.24, 2.45) is 35.6 Å². The van der Waals surface area contributed by atoms with E-state index in [2.05, 4.69) is 39.8 Å². The minimum Gasteiger partial charge on any atom is -0.452 e. The molecule has 204 valence electrons. The molecule has 1 aliphatic heterocycles. The fourth-order valence-electron chi connectivity index (χ4n) is 7.64. The number of aliphatic hydroxyl groups excluding tert-OH is 1. The molecule has 2 fully saturated rings. The summed E-state index contributed by atoms with van der Waals surface area (Å²) in [6.45, 7) is 13.3. The number of esters is 1. The number of hydrogen-bond donors (Lipinski definition) is 2. The van der Waals surface area contributed by atoms with Crippen LogP contribution in [0.1, 0.15) is 71.3 Å². The van der Waals surface area contributed by atoms with Gasteiger partial charge in [0.05, 0.1) is 17.5 Å². The van der Waals surface area contributed by atoms with Gasteiger partial charge in [-0.05, 0) is 67.2 Å². The Bertz CT molecular complexity index is 1120. The van der Waals surface area contributed by atoms with E-state index in [1.165, 1.54) is 0 Å². The molecule has 1 aromatic heterocycles. The Morgan fingerprint density at radius 2 is 2.08 bits per heavy atom. The first-order chi connectivity index (χ1) is 17.4. The first-order valence-corrected chi connectivity index (χ1v) is 14.2. The summed E-state index contributed by atoms with van der Waals surface area (Å²) in [5.74, 6) is -0.0257. The second kappa shape index (κ2) is 9.29. The molecule has 0 amide bonds. The highest BCUT2D eigenvalue weighted by Gasteiger charge is 2.72. The van der Waals surface area contributed by atoms with Gasteiger partial charge >= 0.3 is 5.97 Å². The van der Waals surface area contributed by atoms with Crippen molar-refractivity contribution in [1.29, 1.82) is 0 Å². The molecule has 7 heteroatoms. The van der Waals surface area contributed by atoms with Crippen molar-refractivity contribution in [3.8, 4) is 0 Å². The summed E-state index contributed by atoms with van der Waals surface area (Å²) in [6, 6.07) is 3.60. The van der Waals surface area contributed by atoms with E-state index in [1.807, 2.05) is 33.2 Å². The lowest BCUT2D eigenvalue weighted by molar-refractivity contribution is -0.202. The van der Waals surface area contributed by atoms with E-state index < -0.39 is 40.7 Å². The van der Waals surface area contributed by atoms with Gasteiger partial charge in [0, 0.05) is 24.6 Å². The van der Waals surface area contributed by atoms with Gasteiger partial charge in [-0.2, -0.15) is 12.6 Å². The van der Waals surface area contributed by atoms with E-state index in [-0.39, 0.29) is 17.3 Å². The highest BCUT2D eigenvalue weighted by Crippen LogP contribution is 2.67. The highest BCUT2D eigenvalue weighted by molar-refractivity contribution is 7.82. The molecule has 1 N–H and O–H groups in total. The first kappa shape index (κ1) is 27.0. The molecule has 0 radical (unpaired) electrons. The summed E-state index contributed by atoms with van der Waals surface area (Å²) in [5.41, 5.74) is 1.79. The maximum atomic E-state index is 13.5. The average molecular weight is 530 g/mol. The van der Waals surface area contributed by atoms with E-state index >= 15 is 0 Å². The quantitative estimate of drug-likeness (QED) is 0.296. The predicted molar refractivity (Wildman–Crippen MR) is 146 cm³/mol. The summed E-state index contributed by atoms with van der Waals surface area (Å²) in [5, 5.41) is 12.5. The standard InChI is InChI=1S/C30H43NO5S/c1-8-10-18(3)29-14-17(2)25(36-27(33)23-11-9-12-31(23)7)30(29,37)26-20(16-34-19(4)35-26)13-21(24(29)32)22-15-28(22,5)6/h9,11-14,18-19,21-22,24-26,32,37H,8,10,15-16H2,1-7H3. The van der Waals surface area contributed by atoms with E-state index in [0.717, 1.165) is 30.4 Å². The van der Waals surface area contributed by atoms with Crippen molar-refractivity contribution in [2.75, 3.05) is 6.61 Å². The van der Waals surface area contributed by atoms with Gasteiger partial charge in [-0.1, -0.05) is 46.3 Å². The minimum atomic E-state index is -1.01. The predicted octanol–water partition coefficient (Wildman–Crippen LogP) is 5.33. The largest absolute Gasteiger partial charge is 0.452 e. The van der Waals surface area contributed by atoms with Gasteiger partial charge in [-0.3, -0.25) is 0 Å². The Morgan fingerprint density at radius 3 is 2.68 bits per heavy atom. The molecule has 3 aliphatic carbocycles. The van der Waals surface area contributed by atoms with Gasteiger partial charge in [-0.15, -0.1) is 0 Å². The Hall–Kier alpha value is -1.54. The van der Waals surface area contributed by atoms with Crippen LogP contribution in [0.5, 0.6) is 0 Å². The molecule has 0 aromatic carbocycles. The molecule has 4 aliphatic rings. The van der Waals surface area contributed by atoms with Crippen LogP contribution in [-0.4, -0.2) is 51.6 Å². The lowest BCUT2D eigenvalue weighted by Crippen LogP contribution is -2.65. The lowest BCUT2D eigenvalue weighted by atomic mass is 9.59. The maximum Gasteiger partial charge on any atom is 0.355 e. The summed E-state index contributed by atoms with van der Waals surface area (Å²) >= 11 is 5.52. The maximum absolute atomic E-state index is 13.5. The van der Waals surface area contributed by atoms with Gasteiger partial charge in [0.1, 0.15) is 17.9 Å². The highest BCUT2D eigenvalue weighted by atomic mass is 32.1. The van der Waals surface area contributed by atoms with Gasteiger partial charge < -0.3 is 23.9 Å². The van der Waals surface area contributed by atoms with Crippen LogP contribution < -0.4 is 0 Å². The normalized spacial score (nSPS) is 41.1. The number of aliphatic hydroxyl groups is 1. The summed E-state index contributed by atoms with van der Waals surface area (Å²) < 4.78 is 19.6. The van der Waals surface area contributed by atoms with Crippen molar-refractivity contribution < 1.29 is 24.1 Å². The van der Waals surface area contributed by atoms with Gasteiger partial charge in [0.2, 0.25) is 0 Å². The average Bonchev–Trinajstić information content (AvgIpc) is 3.16. The molecule has 6 nitrogen and oxygen atoms in total. The number of carbonyl (C=O) groups excluding carboxylic acids is 1. The minimum absolute atomic E-state index is 0.0622. The zero-order valence-electron chi connectivity index (χ0n) is 23.2. The van der Waals surface area contributed by atoms with Gasteiger partial charge in [-0.25, -0.2) is 4.79 Å². The van der Waals surface area contributed by atoms with Crippen molar-refractivity contribution in [1.82, 2.24) is 4.57 Å². The van der Waals surface area contributed by atoms with E-state index in [4.69, 9.17) is 26.8 Å². The molecule has 2 heterocycles. The van der Waals surface area contributed by atoms with Gasteiger partial charge in [0.15, 0.2) is 6.29 Å². The molecule has 1 saturated heterocycles. The number of ether oxygens (including phenoxy) is 3. The van der Waals surface area contributed by atoms with Crippen molar-refractivity contribution in [3.05, 3.63) is 47.3 Å². The Balaban J connectivity index is 1.67. The number of aryl methyl sites for hydroxylation is 1. The van der Waals surface area contributed by atoms with Crippen molar-refractivity contribution >= 4 is 18.6 Å². The SMILES string of the molecule is CCCC(C)C12C=C(C)C(OC(=O)c3cccn3C)C1(S)C1OC(C)OCC1=CC(C1CC1(C)C)C2O. The number of thiol groups is 1. The smallest absolute Gasteiger partial charge is 0.355 e. The first-order valence-electron chi connectivity index (χ1n) is 13.8. The zero-order chi connectivity index (χ0) is 26.9. The fraction of sp³-hybridized carbons (Fsp3) is 0.700. The number of aromatic nitrogens is 1. The number of nitrogens with zero attached hydrogens (tertiary/aromatic N) is 1. The summed E-state index contributed by atoms with van der Waals surface area (Å²) in [4.78, 5) is 13.5. The van der Waals surface area contributed by atoms with Crippen LogP contribution in [0.15, 0.2) is 41.6 Å². The third-order valence-electron chi connectivity index (χ3n) is 9.75. The number of fused-ring (bicyclic) bond motifs is 3. The molecular formula is C30H43NO5S. The molecule has 1 aromatic rings. The summed E-state index contributed by atoms with van der Waals surface area (Å²) in [6.07, 6.45) is 6.92. The van der Waals surface area contributed by atoms with E-state index in [9.17, 15) is 9.90 Å². The van der Waals surface area contributed by atoms with E-state index in [0.29, 0.717) is 18.2 Å². The fourth-order valence-corrected chi connectivity index (χ4v) is 8.54.